The lowest BCUT2D eigenvalue weighted by Gasteiger charge is -2.40. The van der Waals surface area contributed by atoms with Crippen LogP contribution in [0.4, 0.5) is 0 Å². The van der Waals surface area contributed by atoms with E-state index in [-0.39, 0.29) is 0 Å². The summed E-state index contributed by atoms with van der Waals surface area (Å²) in [5.74, 6) is 2.44. The fourth-order valence-corrected chi connectivity index (χ4v) is 3.54. The summed E-state index contributed by atoms with van der Waals surface area (Å²) in [6.07, 6.45) is 4.27. The van der Waals surface area contributed by atoms with Crippen LogP contribution in [0.25, 0.3) is 0 Å². The Hall–Kier alpha value is -0.370. The maximum atomic E-state index is 12.1. The van der Waals surface area contributed by atoms with Crippen LogP contribution in [0.5, 0.6) is 0 Å². The maximum absolute atomic E-state index is 12.1. The molecule has 104 valence electrons. The van der Waals surface area contributed by atoms with Crippen molar-refractivity contribution in [2.45, 2.75) is 53.4 Å². The van der Waals surface area contributed by atoms with E-state index in [0.717, 1.165) is 37.6 Å². The molecule has 0 bridgehead atoms. The first-order valence-corrected chi connectivity index (χ1v) is 7.62. The third-order valence-corrected chi connectivity index (χ3v) is 5.20. The summed E-state index contributed by atoms with van der Waals surface area (Å²) in [5.41, 5.74) is 0.368. The van der Waals surface area contributed by atoms with Crippen molar-refractivity contribution < 1.29 is 4.79 Å². The Morgan fingerprint density at radius 2 is 2.00 bits per heavy atom. The molecule has 0 radical (unpaired) electrons. The molecule has 0 spiro atoms. The van der Waals surface area contributed by atoms with Crippen molar-refractivity contribution in [1.29, 1.82) is 0 Å². The molecule has 0 aromatic carbocycles. The van der Waals surface area contributed by atoms with Gasteiger partial charge in [-0.2, -0.15) is 0 Å². The second-order valence-corrected chi connectivity index (χ2v) is 7.53. The predicted molar refractivity (Wildman–Crippen MR) is 75.5 cm³/mol. The second kappa shape index (κ2) is 5.32. The molecule has 2 heteroatoms. The molecule has 1 aliphatic heterocycles. The minimum Gasteiger partial charge on any atom is -0.302 e. The van der Waals surface area contributed by atoms with Crippen molar-refractivity contribution in [3.05, 3.63) is 0 Å². The van der Waals surface area contributed by atoms with E-state index in [1.165, 1.54) is 19.5 Å². The fourth-order valence-electron chi connectivity index (χ4n) is 3.54. The van der Waals surface area contributed by atoms with E-state index in [1.54, 1.807) is 0 Å². The summed E-state index contributed by atoms with van der Waals surface area (Å²) >= 11 is 0. The van der Waals surface area contributed by atoms with Crippen LogP contribution in [0.2, 0.25) is 0 Å². The zero-order valence-electron chi connectivity index (χ0n) is 12.5. The number of rotatable bonds is 2. The van der Waals surface area contributed by atoms with E-state index in [2.05, 4.69) is 32.6 Å². The third kappa shape index (κ3) is 3.34. The normalized spacial score (nSPS) is 37.8. The van der Waals surface area contributed by atoms with Crippen LogP contribution in [0.1, 0.15) is 53.4 Å². The van der Waals surface area contributed by atoms with Crippen molar-refractivity contribution in [3.8, 4) is 0 Å². The van der Waals surface area contributed by atoms with Gasteiger partial charge in [0.1, 0.15) is 5.78 Å². The molecule has 2 fully saturated rings. The smallest absolute Gasteiger partial charge is 0.137 e. The van der Waals surface area contributed by atoms with Crippen LogP contribution < -0.4 is 0 Å². The van der Waals surface area contributed by atoms with Crippen LogP contribution in [-0.4, -0.2) is 30.3 Å². The zero-order chi connectivity index (χ0) is 13.3. The molecular formula is C16H29NO. The van der Waals surface area contributed by atoms with Crippen LogP contribution in [0.15, 0.2) is 0 Å². The first kappa shape index (κ1) is 14.0. The molecule has 0 amide bonds. The molecule has 0 aromatic heterocycles. The minimum atomic E-state index is 0.300. The van der Waals surface area contributed by atoms with Gasteiger partial charge < -0.3 is 4.90 Å². The molecule has 2 nitrogen and oxygen atoms in total. The minimum absolute atomic E-state index is 0.300. The molecule has 1 heterocycles. The first-order chi connectivity index (χ1) is 8.37. The first-order valence-electron chi connectivity index (χ1n) is 7.62. The highest BCUT2D eigenvalue weighted by Gasteiger charge is 2.35. The van der Waals surface area contributed by atoms with E-state index in [1.807, 2.05) is 0 Å². The molecule has 18 heavy (non-hydrogen) atoms. The SMILES string of the molecule is CC1CCN(CC2CC(C)(C)CCC2=O)CC1C. The van der Waals surface area contributed by atoms with Crippen LogP contribution in [-0.2, 0) is 4.79 Å². The number of carbonyl (C=O) groups excluding carboxylic acids is 1. The van der Waals surface area contributed by atoms with Gasteiger partial charge in [-0.25, -0.2) is 0 Å². The Labute approximate surface area is 112 Å². The highest BCUT2D eigenvalue weighted by Crippen LogP contribution is 2.37. The number of nitrogens with zero attached hydrogens (tertiary/aromatic N) is 1. The van der Waals surface area contributed by atoms with Gasteiger partial charge in [0, 0.05) is 25.4 Å². The molecule has 1 saturated carbocycles. The average Bonchev–Trinajstić information content (AvgIpc) is 2.28. The van der Waals surface area contributed by atoms with E-state index in [0.29, 0.717) is 17.1 Å². The van der Waals surface area contributed by atoms with Gasteiger partial charge in [0.2, 0.25) is 0 Å². The molecule has 0 N–H and O–H groups in total. The van der Waals surface area contributed by atoms with Crippen molar-refractivity contribution in [2.75, 3.05) is 19.6 Å². The molecule has 2 rings (SSSR count). The highest BCUT2D eigenvalue weighted by molar-refractivity contribution is 5.82. The molecule has 1 saturated heterocycles. The molecule has 0 aromatic rings. The largest absolute Gasteiger partial charge is 0.302 e. The Kier molecular flexibility index (Phi) is 4.15. The van der Waals surface area contributed by atoms with Gasteiger partial charge >= 0.3 is 0 Å². The Morgan fingerprint density at radius 3 is 2.67 bits per heavy atom. The lowest BCUT2D eigenvalue weighted by Crippen LogP contribution is -2.44. The van der Waals surface area contributed by atoms with Crippen LogP contribution >= 0.6 is 0 Å². The van der Waals surface area contributed by atoms with Gasteiger partial charge in [-0.1, -0.05) is 27.7 Å². The Bertz CT molecular complexity index is 310. The fraction of sp³-hybridized carbons (Fsp3) is 0.938. The summed E-state index contributed by atoms with van der Waals surface area (Å²) in [6, 6.07) is 0. The summed E-state index contributed by atoms with van der Waals surface area (Å²) in [4.78, 5) is 14.6. The summed E-state index contributed by atoms with van der Waals surface area (Å²) in [7, 11) is 0. The van der Waals surface area contributed by atoms with Gasteiger partial charge in [0.05, 0.1) is 0 Å². The van der Waals surface area contributed by atoms with E-state index in [9.17, 15) is 4.79 Å². The topological polar surface area (TPSA) is 20.3 Å². The third-order valence-electron chi connectivity index (χ3n) is 5.20. The highest BCUT2D eigenvalue weighted by atomic mass is 16.1. The van der Waals surface area contributed by atoms with Crippen molar-refractivity contribution >= 4 is 5.78 Å². The van der Waals surface area contributed by atoms with Gasteiger partial charge in [0.15, 0.2) is 0 Å². The van der Waals surface area contributed by atoms with Crippen molar-refractivity contribution in [1.82, 2.24) is 4.90 Å². The average molecular weight is 251 g/mol. The number of piperidine rings is 1. The summed E-state index contributed by atoms with van der Waals surface area (Å²) in [5, 5.41) is 0. The lowest BCUT2D eigenvalue weighted by atomic mass is 9.71. The van der Waals surface area contributed by atoms with Gasteiger partial charge in [-0.3, -0.25) is 4.79 Å². The lowest BCUT2D eigenvalue weighted by molar-refractivity contribution is -0.128. The number of ketones is 1. The standard InChI is InChI=1S/C16H29NO/c1-12-6-8-17(10-13(12)2)11-14-9-16(3,4)7-5-15(14)18/h12-14H,5-11H2,1-4H3. The maximum Gasteiger partial charge on any atom is 0.137 e. The van der Waals surface area contributed by atoms with Gasteiger partial charge in [-0.15, -0.1) is 0 Å². The second-order valence-electron chi connectivity index (χ2n) is 7.53. The van der Waals surface area contributed by atoms with E-state index in [4.69, 9.17) is 0 Å². The van der Waals surface area contributed by atoms with Crippen molar-refractivity contribution in [3.63, 3.8) is 0 Å². The number of hydrogen-bond donors (Lipinski definition) is 0. The molecule has 1 aliphatic carbocycles. The van der Waals surface area contributed by atoms with Gasteiger partial charge in [-0.05, 0) is 43.1 Å². The summed E-state index contributed by atoms with van der Waals surface area (Å²) < 4.78 is 0. The summed E-state index contributed by atoms with van der Waals surface area (Å²) in [6.45, 7) is 12.7. The zero-order valence-corrected chi connectivity index (χ0v) is 12.5. The Morgan fingerprint density at radius 1 is 1.28 bits per heavy atom. The Balaban J connectivity index is 1.90. The van der Waals surface area contributed by atoms with Crippen molar-refractivity contribution in [2.24, 2.45) is 23.2 Å². The number of carbonyl (C=O) groups is 1. The quantitative estimate of drug-likeness (QED) is 0.750. The van der Waals surface area contributed by atoms with E-state index >= 15 is 0 Å². The number of Topliss-reactive ketones (excluding diaryl/α,β-unsaturated/α-hetero) is 1. The molecule has 3 atom stereocenters. The predicted octanol–water partition coefficient (Wildman–Crippen LogP) is 3.36. The van der Waals surface area contributed by atoms with E-state index < -0.39 is 0 Å². The monoisotopic (exact) mass is 251 g/mol. The molecular weight excluding hydrogens is 222 g/mol. The molecule has 2 aliphatic rings. The van der Waals surface area contributed by atoms with Crippen LogP contribution in [0, 0.1) is 23.2 Å². The molecule has 3 unspecified atom stereocenters. The number of likely N-dealkylation sites (tertiary alicyclic amines) is 1. The number of hydrogen-bond acceptors (Lipinski definition) is 2. The van der Waals surface area contributed by atoms with Crippen LogP contribution in [0.3, 0.4) is 0 Å². The van der Waals surface area contributed by atoms with Gasteiger partial charge in [0.25, 0.3) is 0 Å².